The number of hydrogen-bond acceptors (Lipinski definition) is 4. The van der Waals surface area contributed by atoms with Crippen LogP contribution in [0.5, 0.6) is 0 Å². The lowest BCUT2D eigenvalue weighted by Gasteiger charge is -2.34. The van der Waals surface area contributed by atoms with E-state index in [0.29, 0.717) is 12.0 Å². The molecule has 1 saturated heterocycles. The summed E-state index contributed by atoms with van der Waals surface area (Å²) in [5, 5.41) is 5.21. The maximum absolute atomic E-state index is 6.43. The molecule has 1 fully saturated rings. The molecule has 1 aromatic carbocycles. The fourth-order valence-electron chi connectivity index (χ4n) is 4.06. The number of nitrogens with zero attached hydrogens (tertiary/aromatic N) is 2. The lowest BCUT2D eigenvalue weighted by Crippen LogP contribution is -2.37. The summed E-state index contributed by atoms with van der Waals surface area (Å²) in [6.07, 6.45) is 7.44. The summed E-state index contributed by atoms with van der Waals surface area (Å²) < 4.78 is 6.08. The Bertz CT molecular complexity index is 992. The monoisotopic (exact) mass is 426 g/mol. The molecular formula is C24H31ClN4O. The van der Waals surface area contributed by atoms with E-state index in [1.165, 1.54) is 5.69 Å². The summed E-state index contributed by atoms with van der Waals surface area (Å²) in [7, 11) is 0. The van der Waals surface area contributed by atoms with Gasteiger partial charge in [0.05, 0.1) is 11.1 Å². The average Bonchev–Trinajstić information content (AvgIpc) is 3.19. The zero-order valence-electron chi connectivity index (χ0n) is 18.0. The van der Waals surface area contributed by atoms with Crippen LogP contribution in [-0.4, -0.2) is 35.8 Å². The molecular weight excluding hydrogens is 396 g/mol. The Morgan fingerprint density at radius 1 is 1.27 bits per heavy atom. The summed E-state index contributed by atoms with van der Waals surface area (Å²) in [5.74, 6) is 1.56. The maximum atomic E-state index is 6.43. The molecule has 1 aliphatic rings. The van der Waals surface area contributed by atoms with Crippen molar-refractivity contribution in [2.75, 3.05) is 29.9 Å². The van der Waals surface area contributed by atoms with E-state index in [-0.39, 0.29) is 0 Å². The number of aromatic amines is 1. The third kappa shape index (κ3) is 4.73. The van der Waals surface area contributed by atoms with Gasteiger partial charge < -0.3 is 19.9 Å². The Labute approximate surface area is 183 Å². The Morgan fingerprint density at radius 3 is 2.83 bits per heavy atom. The summed E-state index contributed by atoms with van der Waals surface area (Å²) in [6, 6.07) is 8.11. The van der Waals surface area contributed by atoms with Crippen molar-refractivity contribution in [3.63, 3.8) is 0 Å². The summed E-state index contributed by atoms with van der Waals surface area (Å²) in [5.41, 5.74) is 4.33. The van der Waals surface area contributed by atoms with E-state index in [4.69, 9.17) is 16.3 Å². The van der Waals surface area contributed by atoms with Crippen molar-refractivity contribution in [2.45, 2.75) is 46.1 Å². The molecule has 0 radical (unpaired) electrons. The minimum Gasteiger partial charge on any atom is -0.378 e. The fraction of sp³-hybridized carbons (Fsp3) is 0.458. The van der Waals surface area contributed by atoms with E-state index in [1.807, 2.05) is 24.5 Å². The zero-order chi connectivity index (χ0) is 21.1. The molecule has 30 heavy (non-hydrogen) atoms. The van der Waals surface area contributed by atoms with Crippen molar-refractivity contribution in [2.24, 2.45) is 5.92 Å². The molecule has 6 heteroatoms. The van der Waals surface area contributed by atoms with Gasteiger partial charge in [-0.15, -0.1) is 0 Å². The van der Waals surface area contributed by atoms with Gasteiger partial charge in [-0.2, -0.15) is 0 Å². The highest BCUT2D eigenvalue weighted by Crippen LogP contribution is 2.32. The van der Waals surface area contributed by atoms with E-state index >= 15 is 0 Å². The van der Waals surface area contributed by atoms with Gasteiger partial charge in [0, 0.05) is 59.9 Å². The number of benzene rings is 1. The van der Waals surface area contributed by atoms with E-state index in [9.17, 15) is 0 Å². The molecule has 3 aromatic rings. The second-order valence-electron chi connectivity index (χ2n) is 8.57. The summed E-state index contributed by atoms with van der Waals surface area (Å²) in [6.45, 7) is 9.51. The molecule has 0 unspecified atom stereocenters. The molecule has 2 N–H and O–H groups in total. The van der Waals surface area contributed by atoms with Gasteiger partial charge in [-0.1, -0.05) is 25.4 Å². The van der Waals surface area contributed by atoms with Gasteiger partial charge in [0.25, 0.3) is 0 Å². The first kappa shape index (κ1) is 21.0. The van der Waals surface area contributed by atoms with Crippen molar-refractivity contribution >= 4 is 39.7 Å². The topological polar surface area (TPSA) is 53.2 Å². The number of piperidine rings is 1. The van der Waals surface area contributed by atoms with Crippen LogP contribution in [0.2, 0.25) is 5.02 Å². The van der Waals surface area contributed by atoms with Gasteiger partial charge >= 0.3 is 0 Å². The van der Waals surface area contributed by atoms with Crippen LogP contribution in [0.15, 0.2) is 36.7 Å². The quantitative estimate of drug-likeness (QED) is 0.465. The number of ether oxygens (including phenoxy) is 1. The molecule has 3 heterocycles. The first-order valence-electron chi connectivity index (χ1n) is 10.9. The van der Waals surface area contributed by atoms with Crippen molar-refractivity contribution in [3.05, 3.63) is 47.2 Å². The highest BCUT2D eigenvalue weighted by Gasteiger charge is 2.22. The molecule has 0 bridgehead atoms. The first-order chi connectivity index (χ1) is 14.5. The van der Waals surface area contributed by atoms with Gasteiger partial charge in [-0.05, 0) is 56.4 Å². The van der Waals surface area contributed by atoms with Crippen LogP contribution in [0.3, 0.4) is 0 Å². The molecule has 0 aliphatic carbocycles. The Balaban J connectivity index is 1.43. The second-order valence-corrected chi connectivity index (χ2v) is 8.97. The van der Waals surface area contributed by atoms with Crippen molar-refractivity contribution < 1.29 is 4.74 Å². The SMILES string of the molecule is Cc1c(N2CCC(OCCC(C)C)CC2)ccnc1Nc1cc(Cl)c2cc[nH]c2c1. The predicted molar refractivity (Wildman–Crippen MR) is 126 cm³/mol. The Kier molecular flexibility index (Phi) is 6.49. The van der Waals surface area contributed by atoms with E-state index in [2.05, 4.69) is 53.1 Å². The lowest BCUT2D eigenvalue weighted by atomic mass is 10.1. The molecule has 0 atom stereocenters. The number of halogens is 1. The smallest absolute Gasteiger partial charge is 0.135 e. The van der Waals surface area contributed by atoms with Crippen LogP contribution < -0.4 is 10.2 Å². The van der Waals surface area contributed by atoms with Crippen LogP contribution in [-0.2, 0) is 4.74 Å². The largest absolute Gasteiger partial charge is 0.378 e. The number of anilines is 3. The van der Waals surface area contributed by atoms with Gasteiger partial charge in [-0.25, -0.2) is 4.98 Å². The summed E-state index contributed by atoms with van der Waals surface area (Å²) in [4.78, 5) is 10.3. The van der Waals surface area contributed by atoms with Crippen LogP contribution in [0, 0.1) is 12.8 Å². The average molecular weight is 427 g/mol. The molecule has 0 saturated carbocycles. The Morgan fingerprint density at radius 2 is 2.07 bits per heavy atom. The minimum absolute atomic E-state index is 0.384. The summed E-state index contributed by atoms with van der Waals surface area (Å²) >= 11 is 6.43. The number of pyridine rings is 1. The fourth-order valence-corrected chi connectivity index (χ4v) is 4.34. The van der Waals surface area contributed by atoms with E-state index < -0.39 is 0 Å². The van der Waals surface area contributed by atoms with Crippen molar-refractivity contribution in [3.8, 4) is 0 Å². The van der Waals surface area contributed by atoms with Crippen LogP contribution in [0.4, 0.5) is 17.2 Å². The van der Waals surface area contributed by atoms with Crippen molar-refractivity contribution in [1.82, 2.24) is 9.97 Å². The normalized spacial score (nSPS) is 15.3. The molecule has 2 aromatic heterocycles. The zero-order valence-corrected chi connectivity index (χ0v) is 18.8. The van der Waals surface area contributed by atoms with Crippen molar-refractivity contribution in [1.29, 1.82) is 0 Å². The number of hydrogen-bond donors (Lipinski definition) is 2. The lowest BCUT2D eigenvalue weighted by molar-refractivity contribution is 0.0312. The number of nitrogens with one attached hydrogen (secondary N) is 2. The second kappa shape index (κ2) is 9.27. The number of fused-ring (bicyclic) bond motifs is 1. The van der Waals surface area contributed by atoms with E-state index in [1.54, 1.807) is 0 Å². The molecule has 0 amide bonds. The van der Waals surface area contributed by atoms with Gasteiger partial charge in [0.15, 0.2) is 0 Å². The number of H-pyrrole nitrogens is 1. The molecule has 160 valence electrons. The van der Waals surface area contributed by atoms with Crippen LogP contribution in [0.25, 0.3) is 10.9 Å². The number of rotatable bonds is 7. The Hall–Kier alpha value is -2.24. The van der Waals surface area contributed by atoms with E-state index in [0.717, 1.165) is 72.0 Å². The third-order valence-electron chi connectivity index (χ3n) is 5.89. The van der Waals surface area contributed by atoms with Crippen LogP contribution >= 0.6 is 11.6 Å². The van der Waals surface area contributed by atoms with Gasteiger partial charge in [0.1, 0.15) is 5.82 Å². The highest BCUT2D eigenvalue weighted by molar-refractivity contribution is 6.35. The molecule has 0 spiro atoms. The first-order valence-corrected chi connectivity index (χ1v) is 11.2. The molecule has 1 aliphatic heterocycles. The van der Waals surface area contributed by atoms with Gasteiger partial charge in [-0.3, -0.25) is 0 Å². The third-order valence-corrected chi connectivity index (χ3v) is 6.20. The van der Waals surface area contributed by atoms with Crippen LogP contribution in [0.1, 0.15) is 38.7 Å². The highest BCUT2D eigenvalue weighted by atomic mass is 35.5. The minimum atomic E-state index is 0.384. The van der Waals surface area contributed by atoms with Gasteiger partial charge in [0.2, 0.25) is 0 Å². The maximum Gasteiger partial charge on any atom is 0.135 e. The standard InChI is InChI=1S/C24H31ClN4O/c1-16(2)8-13-30-19-6-11-29(12-7-19)23-5-10-27-24(17(23)3)28-18-14-21(25)20-4-9-26-22(20)15-18/h4-5,9-10,14-16,19,26H,6-8,11-13H2,1-3H3,(H,27,28). The predicted octanol–water partition coefficient (Wildman–Crippen LogP) is 6.30. The number of aromatic nitrogens is 2. The molecule has 5 nitrogen and oxygen atoms in total. The molecule has 4 rings (SSSR count).